The first kappa shape index (κ1) is 13.3. The highest BCUT2D eigenvalue weighted by atomic mass is 15.3. The van der Waals surface area contributed by atoms with Crippen LogP contribution in [0.15, 0.2) is 48.6 Å². The first-order valence-electron chi connectivity index (χ1n) is 6.60. The van der Waals surface area contributed by atoms with Gasteiger partial charge in [-0.15, -0.1) is 0 Å². The van der Waals surface area contributed by atoms with Crippen LogP contribution >= 0.6 is 0 Å². The predicted molar refractivity (Wildman–Crippen MR) is 81.5 cm³/mol. The highest BCUT2D eigenvalue weighted by molar-refractivity contribution is 5.73. The van der Waals surface area contributed by atoms with E-state index in [0.29, 0.717) is 0 Å². The number of para-hydroxylation sites is 1. The van der Waals surface area contributed by atoms with E-state index < -0.39 is 0 Å². The molecule has 1 aromatic carbocycles. The summed E-state index contributed by atoms with van der Waals surface area (Å²) in [4.78, 5) is 0. The summed E-state index contributed by atoms with van der Waals surface area (Å²) in [7, 11) is 0. The summed E-state index contributed by atoms with van der Waals surface area (Å²) < 4.78 is 2.01. The van der Waals surface area contributed by atoms with E-state index in [2.05, 4.69) is 38.1 Å². The van der Waals surface area contributed by atoms with E-state index in [1.165, 1.54) is 11.3 Å². The maximum absolute atomic E-state index is 4.77. The molecular formula is C17H20N2. The van der Waals surface area contributed by atoms with Gasteiger partial charge in [0, 0.05) is 5.69 Å². The Morgan fingerprint density at radius 3 is 2.37 bits per heavy atom. The molecule has 98 valence electrons. The Labute approximate surface area is 115 Å². The van der Waals surface area contributed by atoms with Gasteiger partial charge in [-0.25, -0.2) is 4.68 Å². The van der Waals surface area contributed by atoms with Gasteiger partial charge in [-0.05, 0) is 51.0 Å². The van der Waals surface area contributed by atoms with Crippen molar-refractivity contribution in [2.45, 2.75) is 27.7 Å². The minimum atomic E-state index is 1.06. The molecule has 0 spiro atoms. The molecule has 2 nitrogen and oxygen atoms in total. The van der Waals surface area contributed by atoms with E-state index in [1.54, 1.807) is 0 Å². The lowest BCUT2D eigenvalue weighted by molar-refractivity contribution is 0.841. The lowest BCUT2D eigenvalue weighted by Crippen LogP contribution is -1.98. The fourth-order valence-electron chi connectivity index (χ4n) is 2.17. The second-order valence-corrected chi connectivity index (χ2v) is 4.55. The van der Waals surface area contributed by atoms with Crippen LogP contribution in [0.3, 0.4) is 0 Å². The molecule has 0 saturated carbocycles. The third kappa shape index (κ3) is 2.53. The molecule has 0 atom stereocenters. The van der Waals surface area contributed by atoms with E-state index in [0.717, 1.165) is 17.0 Å². The monoisotopic (exact) mass is 252 g/mol. The molecule has 0 aliphatic rings. The molecule has 1 aromatic heterocycles. The molecule has 2 rings (SSSR count). The lowest BCUT2D eigenvalue weighted by Gasteiger charge is -2.03. The van der Waals surface area contributed by atoms with Crippen molar-refractivity contribution in [3.05, 3.63) is 65.5 Å². The normalized spacial score (nSPS) is 12.3. The molecule has 0 amide bonds. The molecule has 19 heavy (non-hydrogen) atoms. The number of hydrogen-bond acceptors (Lipinski definition) is 1. The zero-order valence-corrected chi connectivity index (χ0v) is 12.0. The number of hydrogen-bond donors (Lipinski definition) is 0. The molecule has 0 N–H and O–H groups in total. The van der Waals surface area contributed by atoms with E-state index in [-0.39, 0.29) is 0 Å². The summed E-state index contributed by atoms with van der Waals surface area (Å²) in [5, 5.41) is 4.77. The van der Waals surface area contributed by atoms with Crippen LogP contribution in [0.2, 0.25) is 0 Å². The summed E-state index contributed by atoms with van der Waals surface area (Å²) >= 11 is 0. The fraction of sp³-hybridized carbons (Fsp3) is 0.235. The van der Waals surface area contributed by atoms with Crippen LogP contribution < -0.4 is 0 Å². The number of aromatic nitrogens is 2. The molecular weight excluding hydrogens is 232 g/mol. The summed E-state index contributed by atoms with van der Waals surface area (Å²) in [6.07, 6.45) is 6.25. The molecule has 0 unspecified atom stereocenters. The van der Waals surface area contributed by atoms with Crippen molar-refractivity contribution in [3.63, 3.8) is 0 Å². The van der Waals surface area contributed by atoms with Gasteiger partial charge < -0.3 is 0 Å². The summed E-state index contributed by atoms with van der Waals surface area (Å²) in [5.74, 6) is 0. The summed E-state index contributed by atoms with van der Waals surface area (Å²) in [6, 6.07) is 10.2. The largest absolute Gasteiger partial charge is 0.237 e. The van der Waals surface area contributed by atoms with E-state index in [9.17, 15) is 0 Å². The maximum Gasteiger partial charge on any atom is 0.0956 e. The van der Waals surface area contributed by atoms with Gasteiger partial charge in [-0.2, -0.15) is 5.10 Å². The third-order valence-electron chi connectivity index (χ3n) is 3.35. The molecule has 0 radical (unpaired) electrons. The van der Waals surface area contributed by atoms with E-state index in [1.807, 2.05) is 42.8 Å². The Kier molecular flexibility index (Phi) is 4.00. The average Bonchev–Trinajstić information content (AvgIpc) is 2.74. The summed E-state index contributed by atoms with van der Waals surface area (Å²) in [5.41, 5.74) is 5.74. The number of rotatable bonds is 3. The van der Waals surface area contributed by atoms with Gasteiger partial charge in [0.05, 0.1) is 11.4 Å². The molecule has 0 aliphatic carbocycles. The van der Waals surface area contributed by atoms with Crippen LogP contribution in [0.25, 0.3) is 11.3 Å². The van der Waals surface area contributed by atoms with Crippen molar-refractivity contribution < 1.29 is 0 Å². The van der Waals surface area contributed by atoms with Crippen molar-refractivity contribution in [2.24, 2.45) is 0 Å². The van der Waals surface area contributed by atoms with Crippen LogP contribution in [0.5, 0.6) is 0 Å². The number of benzene rings is 1. The second-order valence-electron chi connectivity index (χ2n) is 4.55. The van der Waals surface area contributed by atoms with Crippen molar-refractivity contribution >= 4 is 5.57 Å². The molecule has 0 aliphatic heterocycles. The quantitative estimate of drug-likeness (QED) is 0.737. The van der Waals surface area contributed by atoms with Crippen LogP contribution in [0, 0.1) is 13.8 Å². The first-order valence-corrected chi connectivity index (χ1v) is 6.60. The van der Waals surface area contributed by atoms with Crippen molar-refractivity contribution in [1.82, 2.24) is 9.78 Å². The highest BCUT2D eigenvalue weighted by Gasteiger charge is 2.13. The Bertz CT molecular complexity index is 616. The van der Waals surface area contributed by atoms with Gasteiger partial charge in [-0.1, -0.05) is 36.4 Å². The van der Waals surface area contributed by atoms with Gasteiger partial charge >= 0.3 is 0 Å². The Balaban J connectivity index is 2.56. The fourth-order valence-corrected chi connectivity index (χ4v) is 2.17. The van der Waals surface area contributed by atoms with Gasteiger partial charge in [0.2, 0.25) is 0 Å². The van der Waals surface area contributed by atoms with Gasteiger partial charge in [0.25, 0.3) is 0 Å². The van der Waals surface area contributed by atoms with Crippen LogP contribution in [0.4, 0.5) is 0 Å². The van der Waals surface area contributed by atoms with Crippen LogP contribution in [0.1, 0.15) is 30.8 Å². The molecule has 2 heteroatoms. The molecule has 0 fully saturated rings. The van der Waals surface area contributed by atoms with Crippen LogP contribution in [-0.2, 0) is 0 Å². The van der Waals surface area contributed by atoms with Gasteiger partial charge in [0.15, 0.2) is 0 Å². The predicted octanol–water partition coefficient (Wildman–Crippen LogP) is 4.47. The minimum absolute atomic E-state index is 1.06. The van der Waals surface area contributed by atoms with E-state index >= 15 is 0 Å². The maximum atomic E-state index is 4.77. The third-order valence-corrected chi connectivity index (χ3v) is 3.35. The van der Waals surface area contributed by atoms with Gasteiger partial charge in [0.1, 0.15) is 0 Å². The lowest BCUT2D eigenvalue weighted by atomic mass is 10.1. The zero-order chi connectivity index (χ0) is 13.8. The second kappa shape index (κ2) is 5.70. The molecule has 2 aromatic rings. The van der Waals surface area contributed by atoms with Crippen molar-refractivity contribution in [3.8, 4) is 5.69 Å². The Morgan fingerprint density at radius 1 is 1.11 bits per heavy atom. The number of allylic oxidation sites excluding steroid dienone is 4. The average molecular weight is 252 g/mol. The smallest absolute Gasteiger partial charge is 0.0956 e. The number of nitrogens with zero attached hydrogens (tertiary/aromatic N) is 2. The Hall–Kier alpha value is -2.09. The molecule has 1 heterocycles. The van der Waals surface area contributed by atoms with E-state index in [4.69, 9.17) is 5.10 Å². The zero-order valence-electron chi connectivity index (χ0n) is 12.0. The molecule has 0 bridgehead atoms. The van der Waals surface area contributed by atoms with Gasteiger partial charge in [-0.3, -0.25) is 0 Å². The minimum Gasteiger partial charge on any atom is -0.237 e. The SMILES string of the molecule is C/C=C\C(=C/C)c1nn(-c2ccccc2)c(C)c1C. The van der Waals surface area contributed by atoms with Crippen LogP contribution in [-0.4, -0.2) is 9.78 Å². The topological polar surface area (TPSA) is 17.8 Å². The Morgan fingerprint density at radius 2 is 1.79 bits per heavy atom. The highest BCUT2D eigenvalue weighted by Crippen LogP contribution is 2.23. The summed E-state index contributed by atoms with van der Waals surface area (Å²) in [6.45, 7) is 8.32. The molecule has 0 saturated heterocycles. The van der Waals surface area contributed by atoms with Crippen molar-refractivity contribution in [2.75, 3.05) is 0 Å². The first-order chi connectivity index (χ1) is 9.19. The van der Waals surface area contributed by atoms with Crippen molar-refractivity contribution in [1.29, 1.82) is 0 Å². The standard InChI is InChI=1S/C17H20N2/c1-5-10-15(6-2)17-13(3)14(4)19(18-17)16-11-8-7-9-12-16/h5-12H,1-4H3/b10-5-,15-6+.